The van der Waals surface area contributed by atoms with Crippen molar-refractivity contribution in [3.63, 3.8) is 0 Å². The number of aliphatic hydroxyl groups excluding tert-OH is 2. The number of carbonyl (C=O) groups excluding carboxylic acids is 5. The van der Waals surface area contributed by atoms with E-state index in [2.05, 4.69) is 0 Å². The van der Waals surface area contributed by atoms with E-state index in [1.165, 1.54) is 12.0 Å². The maximum Gasteiger partial charge on any atom is 0.329 e. The lowest BCUT2D eigenvalue weighted by atomic mass is 9.78. The molecule has 6 rings (SSSR count). The molecular formula is C61H88N2O14. The van der Waals surface area contributed by atoms with Gasteiger partial charge in [0, 0.05) is 82.1 Å². The summed E-state index contributed by atoms with van der Waals surface area (Å²) >= 11 is 0. The summed E-state index contributed by atoms with van der Waals surface area (Å²) < 4.78 is 38.7. The van der Waals surface area contributed by atoms with E-state index in [1.807, 2.05) is 93.1 Å². The largest absolute Gasteiger partial charge is 0.488 e. The number of ketones is 3. The summed E-state index contributed by atoms with van der Waals surface area (Å²) in [5, 5.41) is 34.1. The molecule has 0 radical (unpaired) electrons. The number of hydrogen-bond donors (Lipinski definition) is 3. The molecular weight excluding hydrogens is 985 g/mol. The van der Waals surface area contributed by atoms with Crippen molar-refractivity contribution in [1.82, 2.24) is 9.47 Å². The molecule has 426 valence electrons. The first-order valence-electron chi connectivity index (χ1n) is 28.1. The lowest BCUT2D eigenvalue weighted by Crippen LogP contribution is -2.61. The van der Waals surface area contributed by atoms with Gasteiger partial charge in [0.05, 0.1) is 24.9 Å². The number of rotatable bonds is 10. The van der Waals surface area contributed by atoms with Crippen molar-refractivity contribution < 1.29 is 67.7 Å². The fourth-order valence-corrected chi connectivity index (χ4v) is 12.0. The van der Waals surface area contributed by atoms with Crippen LogP contribution in [0.3, 0.4) is 0 Å². The van der Waals surface area contributed by atoms with E-state index in [-0.39, 0.29) is 67.5 Å². The van der Waals surface area contributed by atoms with Crippen LogP contribution in [0.5, 0.6) is 5.75 Å². The van der Waals surface area contributed by atoms with Crippen molar-refractivity contribution in [3.05, 3.63) is 78.1 Å². The highest BCUT2D eigenvalue weighted by atomic mass is 16.6. The predicted molar refractivity (Wildman–Crippen MR) is 293 cm³/mol. The van der Waals surface area contributed by atoms with Crippen LogP contribution in [0.4, 0.5) is 0 Å². The van der Waals surface area contributed by atoms with Crippen LogP contribution in [0.2, 0.25) is 0 Å². The second-order valence-corrected chi connectivity index (χ2v) is 22.6. The summed E-state index contributed by atoms with van der Waals surface area (Å²) in [4.78, 5) is 72.9. The highest BCUT2D eigenvalue weighted by Gasteiger charge is 2.53. The lowest BCUT2D eigenvalue weighted by molar-refractivity contribution is -0.265. The van der Waals surface area contributed by atoms with E-state index in [1.54, 1.807) is 41.1 Å². The number of esters is 1. The Morgan fingerprint density at radius 3 is 2.32 bits per heavy atom. The summed E-state index contributed by atoms with van der Waals surface area (Å²) in [6, 6.07) is 6.75. The van der Waals surface area contributed by atoms with Crippen molar-refractivity contribution in [1.29, 1.82) is 0 Å². The Morgan fingerprint density at radius 2 is 1.61 bits per heavy atom. The zero-order chi connectivity index (χ0) is 56.1. The number of allylic oxidation sites excluding steroid dienone is 6. The summed E-state index contributed by atoms with van der Waals surface area (Å²) in [6.45, 7) is 13.3. The van der Waals surface area contributed by atoms with E-state index in [0.717, 1.165) is 28.6 Å². The van der Waals surface area contributed by atoms with Gasteiger partial charge in [-0.15, -0.1) is 0 Å². The molecule has 1 amide bonds. The van der Waals surface area contributed by atoms with E-state index < -0.39 is 77.8 Å². The molecule has 4 heterocycles. The van der Waals surface area contributed by atoms with E-state index in [4.69, 9.17) is 28.4 Å². The third-order valence-electron chi connectivity index (χ3n) is 16.8. The number of fused-ring (bicyclic) bond motifs is 4. The fraction of sp³-hybridized carbons (Fsp3) is 0.656. The highest BCUT2D eigenvalue weighted by Crippen LogP contribution is 2.39. The Labute approximate surface area is 456 Å². The predicted octanol–water partition coefficient (Wildman–Crippen LogP) is 8.21. The van der Waals surface area contributed by atoms with Gasteiger partial charge in [0.2, 0.25) is 5.79 Å². The van der Waals surface area contributed by atoms with Gasteiger partial charge in [0.1, 0.15) is 42.0 Å². The molecule has 16 nitrogen and oxygen atoms in total. The minimum Gasteiger partial charge on any atom is -0.488 e. The molecule has 1 aromatic carbocycles. The minimum absolute atomic E-state index is 0.00919. The normalized spacial score (nSPS) is 36.0. The Hall–Kier alpha value is -4.81. The summed E-state index contributed by atoms with van der Waals surface area (Å²) in [5.41, 5.74) is 2.26. The van der Waals surface area contributed by atoms with Crippen LogP contribution in [-0.4, -0.2) is 143 Å². The summed E-state index contributed by atoms with van der Waals surface area (Å²) in [6.07, 6.45) is 13.7. The summed E-state index contributed by atoms with van der Waals surface area (Å²) in [5.74, 6) is -7.34. The molecule has 2 saturated heterocycles. The summed E-state index contributed by atoms with van der Waals surface area (Å²) in [7, 11) is 4.63. The monoisotopic (exact) mass is 1070 g/mol. The van der Waals surface area contributed by atoms with Crippen LogP contribution >= 0.6 is 0 Å². The van der Waals surface area contributed by atoms with Crippen molar-refractivity contribution in [2.75, 3.05) is 34.5 Å². The van der Waals surface area contributed by atoms with Crippen molar-refractivity contribution in [3.8, 4) is 5.75 Å². The first-order chi connectivity index (χ1) is 36.7. The Balaban J connectivity index is 1.26. The van der Waals surface area contributed by atoms with E-state index >= 15 is 0 Å². The number of aromatic nitrogens is 1. The van der Waals surface area contributed by atoms with Gasteiger partial charge in [-0.05, 0) is 131 Å². The molecule has 3 N–H and O–H groups in total. The smallest absolute Gasteiger partial charge is 0.329 e. The van der Waals surface area contributed by atoms with Crippen molar-refractivity contribution in [2.45, 2.75) is 187 Å². The molecule has 2 bridgehead atoms. The molecule has 1 aromatic heterocycles. The van der Waals surface area contributed by atoms with Gasteiger partial charge in [-0.2, -0.15) is 0 Å². The number of amides is 1. The van der Waals surface area contributed by atoms with Gasteiger partial charge >= 0.3 is 5.97 Å². The lowest BCUT2D eigenvalue weighted by Gasteiger charge is -2.42. The van der Waals surface area contributed by atoms with Gasteiger partial charge in [0.25, 0.3) is 11.7 Å². The van der Waals surface area contributed by atoms with E-state index in [0.29, 0.717) is 69.9 Å². The molecule has 15 atom stereocenters. The van der Waals surface area contributed by atoms with Gasteiger partial charge in [-0.1, -0.05) is 71.1 Å². The van der Waals surface area contributed by atoms with Crippen LogP contribution in [0.1, 0.15) is 126 Å². The maximum atomic E-state index is 14.7. The third kappa shape index (κ3) is 15.5. The maximum absolute atomic E-state index is 14.7. The quantitative estimate of drug-likeness (QED) is 0.116. The number of aliphatic hydroxyl groups is 3. The Kier molecular flexibility index (Phi) is 22.6. The number of benzene rings is 1. The third-order valence-corrected chi connectivity index (χ3v) is 16.8. The fourth-order valence-electron chi connectivity index (χ4n) is 12.0. The van der Waals surface area contributed by atoms with E-state index in [9.17, 15) is 39.3 Å². The number of methoxy groups -OCH3 is 3. The number of ether oxygens (including phenoxy) is 6. The molecule has 2 aromatic rings. The van der Waals surface area contributed by atoms with Crippen LogP contribution < -0.4 is 4.74 Å². The molecule has 3 fully saturated rings. The zero-order valence-corrected chi connectivity index (χ0v) is 47.3. The first-order valence-corrected chi connectivity index (χ1v) is 28.1. The Bertz CT molecular complexity index is 2460. The van der Waals surface area contributed by atoms with Crippen LogP contribution in [0.15, 0.2) is 78.1 Å². The molecule has 1 saturated carbocycles. The second kappa shape index (κ2) is 28.4. The standard InChI is InChI=1S/C61H88N2O14/c1-37-16-12-11-13-17-38(2)52(72-8)35-47-21-19-43(7)61(71,77-47)58(68)59(69)63-26-15-14-18-49(63)60(70)76-53(36-50(65)39(3)31-42(6)56(67)57(74-10)55(66)41(5)30-37)40(4)32-44-20-24-51(54(33-44)73-9)75-46-22-23-48-45(34-46)25-27-62(48)28-29-64/h11-13,16-17,22-23,25,27,31,34,37,39-41,43-44,47,49,51-54,56-57,64,67,71H,14-15,18-21,24,26,28-30,32-33,35-36H2,1-10H3/b13-11-,16-12-,38-17-,42-31-/t37-,39-,40-,41-,43-,44+,47+,49+,51-,52+,53+,54-,56-,57+,61-/m1/s1. The Morgan fingerprint density at radius 1 is 0.844 bits per heavy atom. The average Bonchev–Trinajstić information content (AvgIpc) is 3.82. The average molecular weight is 1070 g/mol. The molecule has 77 heavy (non-hydrogen) atoms. The SMILES string of the molecule is CO[C@H]1C[C@@H]2CC[C@@H](C)[C@@](O)(O2)C(=O)C(=O)N2CCCC[C@H]2C(=O)O[C@H]([C@H](C)C[C@@H]2CC[C@@H](Oc3ccc4c(ccn4CCO)c3)[C@H](OC)C2)CC(=O)[C@H](C)/C=C(/C)[C@@H](O)[C@@H](OC)C(=O)[C@H](C)C[C@H](C)\C=C/C=C\C=C/1C. The molecule has 16 heteroatoms. The van der Waals surface area contributed by atoms with Gasteiger partial charge < -0.3 is 53.2 Å². The van der Waals surface area contributed by atoms with Gasteiger partial charge in [-0.25, -0.2) is 4.79 Å². The number of hydrogen-bond acceptors (Lipinski definition) is 14. The first kappa shape index (κ1) is 61.4. The van der Waals surface area contributed by atoms with Crippen molar-refractivity contribution in [2.24, 2.45) is 35.5 Å². The van der Waals surface area contributed by atoms with Crippen molar-refractivity contribution >= 4 is 40.1 Å². The second-order valence-electron chi connectivity index (χ2n) is 22.6. The molecule has 4 aliphatic rings. The minimum atomic E-state index is -2.44. The molecule has 0 spiro atoms. The van der Waals surface area contributed by atoms with Crippen LogP contribution in [0, 0.1) is 35.5 Å². The molecule has 1 aliphatic carbocycles. The number of nitrogens with zero attached hydrogens (tertiary/aromatic N) is 2. The number of Topliss-reactive ketones (excluding diaryl/α,β-unsaturated/α-hetero) is 3. The van der Waals surface area contributed by atoms with Gasteiger partial charge in [-0.3, -0.25) is 19.2 Å². The zero-order valence-electron chi connectivity index (χ0n) is 47.3. The van der Waals surface area contributed by atoms with Crippen LogP contribution in [0.25, 0.3) is 10.9 Å². The number of cyclic esters (lactones) is 1. The van der Waals surface area contributed by atoms with Gasteiger partial charge in [0.15, 0.2) is 5.78 Å². The van der Waals surface area contributed by atoms with Crippen LogP contribution in [-0.2, 0) is 54.2 Å². The molecule has 3 aliphatic heterocycles. The highest BCUT2D eigenvalue weighted by molar-refractivity contribution is 6.39. The number of piperidine rings is 1. The number of carbonyl (C=O) groups is 5. The topological polar surface area (TPSA) is 210 Å². The molecule has 0 unspecified atom stereocenters.